The average molecular weight is 198 g/mol. The molecule has 0 aromatic heterocycles. The molecule has 0 amide bonds. The second-order valence-corrected chi connectivity index (χ2v) is 5.26. The first kappa shape index (κ1) is 12.0. The van der Waals surface area contributed by atoms with Gasteiger partial charge in [-0.1, -0.05) is 20.3 Å². The molecule has 1 fully saturated rings. The Kier molecular flexibility index (Phi) is 4.90. The van der Waals surface area contributed by atoms with Crippen molar-refractivity contribution >= 4 is 0 Å². The minimum atomic E-state index is 0.374. The highest BCUT2D eigenvalue weighted by atomic mass is 15.1. The van der Waals surface area contributed by atoms with E-state index in [0.717, 1.165) is 18.9 Å². The largest absolute Gasteiger partial charge is 0.327 e. The maximum Gasteiger partial charge on any atom is 0.00740 e. The van der Waals surface area contributed by atoms with Crippen LogP contribution in [0, 0.1) is 11.8 Å². The van der Waals surface area contributed by atoms with Crippen LogP contribution in [0.25, 0.3) is 0 Å². The zero-order chi connectivity index (χ0) is 10.6. The van der Waals surface area contributed by atoms with Crippen molar-refractivity contribution in [1.29, 1.82) is 0 Å². The number of rotatable bonds is 6. The van der Waals surface area contributed by atoms with Crippen LogP contribution in [0.2, 0.25) is 0 Å². The Morgan fingerprint density at radius 3 is 2.43 bits per heavy atom. The molecule has 14 heavy (non-hydrogen) atoms. The molecule has 2 N–H and O–H groups in total. The Bertz CT molecular complexity index is 152. The molecule has 0 saturated heterocycles. The van der Waals surface area contributed by atoms with Crippen LogP contribution in [-0.2, 0) is 0 Å². The van der Waals surface area contributed by atoms with Crippen molar-refractivity contribution < 1.29 is 0 Å². The van der Waals surface area contributed by atoms with Gasteiger partial charge in [0.1, 0.15) is 0 Å². The predicted octanol–water partition coefficient (Wildman–Crippen LogP) is 2.09. The van der Waals surface area contributed by atoms with E-state index < -0.39 is 0 Å². The van der Waals surface area contributed by atoms with E-state index in [-0.39, 0.29) is 0 Å². The van der Waals surface area contributed by atoms with Gasteiger partial charge in [0.2, 0.25) is 0 Å². The minimum absolute atomic E-state index is 0.374. The van der Waals surface area contributed by atoms with Gasteiger partial charge < -0.3 is 10.6 Å². The summed E-state index contributed by atoms with van der Waals surface area (Å²) in [6.45, 7) is 6.86. The van der Waals surface area contributed by atoms with Crippen LogP contribution in [0.15, 0.2) is 0 Å². The molecule has 2 nitrogen and oxygen atoms in total. The fourth-order valence-corrected chi connectivity index (χ4v) is 1.91. The summed E-state index contributed by atoms with van der Waals surface area (Å²) < 4.78 is 0. The first-order valence-corrected chi connectivity index (χ1v) is 6.03. The van der Waals surface area contributed by atoms with E-state index in [0.29, 0.717) is 12.0 Å². The number of hydrogen-bond acceptors (Lipinski definition) is 2. The number of nitrogens with zero attached hydrogens (tertiary/aromatic N) is 1. The van der Waals surface area contributed by atoms with Gasteiger partial charge in [0.05, 0.1) is 0 Å². The van der Waals surface area contributed by atoms with Crippen LogP contribution >= 0.6 is 0 Å². The molecule has 0 bridgehead atoms. The first-order valence-electron chi connectivity index (χ1n) is 6.03. The van der Waals surface area contributed by atoms with Gasteiger partial charge in [0.15, 0.2) is 0 Å². The Morgan fingerprint density at radius 1 is 1.36 bits per heavy atom. The highest BCUT2D eigenvalue weighted by Gasteiger charge is 2.19. The van der Waals surface area contributed by atoms with Crippen LogP contribution in [0.3, 0.4) is 0 Å². The molecule has 0 aromatic rings. The van der Waals surface area contributed by atoms with Gasteiger partial charge in [-0.05, 0) is 44.7 Å². The summed E-state index contributed by atoms with van der Waals surface area (Å²) in [7, 11) is 2.23. The van der Waals surface area contributed by atoms with Crippen molar-refractivity contribution in [3.05, 3.63) is 0 Å². The van der Waals surface area contributed by atoms with E-state index in [2.05, 4.69) is 25.8 Å². The SMILES string of the molecule is CC(C)C(N)CCN(C)CC1CCC1. The fraction of sp³-hybridized carbons (Fsp3) is 1.00. The third kappa shape index (κ3) is 3.97. The average Bonchev–Trinajstić information content (AvgIpc) is 2.07. The van der Waals surface area contributed by atoms with Gasteiger partial charge in [0.25, 0.3) is 0 Å². The second-order valence-electron chi connectivity index (χ2n) is 5.26. The van der Waals surface area contributed by atoms with Gasteiger partial charge in [-0.2, -0.15) is 0 Å². The quantitative estimate of drug-likeness (QED) is 0.708. The third-order valence-electron chi connectivity index (χ3n) is 3.50. The lowest BCUT2D eigenvalue weighted by atomic mass is 9.85. The molecule has 0 radical (unpaired) electrons. The summed E-state index contributed by atoms with van der Waals surface area (Å²) in [5.74, 6) is 1.60. The molecular weight excluding hydrogens is 172 g/mol. The molecule has 84 valence electrons. The number of nitrogens with two attached hydrogens (primary N) is 1. The van der Waals surface area contributed by atoms with E-state index in [1.165, 1.54) is 25.8 Å². The monoisotopic (exact) mass is 198 g/mol. The second kappa shape index (κ2) is 5.72. The normalized spacial score (nSPS) is 20.1. The summed E-state index contributed by atoms with van der Waals surface area (Å²) in [5.41, 5.74) is 6.02. The Labute approximate surface area is 88.8 Å². The van der Waals surface area contributed by atoms with Gasteiger partial charge in [-0.15, -0.1) is 0 Å². The van der Waals surface area contributed by atoms with Crippen molar-refractivity contribution in [2.24, 2.45) is 17.6 Å². The highest BCUT2D eigenvalue weighted by Crippen LogP contribution is 2.26. The lowest BCUT2D eigenvalue weighted by Crippen LogP contribution is -2.35. The molecule has 0 heterocycles. The van der Waals surface area contributed by atoms with Gasteiger partial charge >= 0.3 is 0 Å². The smallest absolute Gasteiger partial charge is 0.00740 e. The standard InChI is InChI=1S/C12H26N2/c1-10(2)12(13)7-8-14(3)9-11-5-4-6-11/h10-12H,4-9,13H2,1-3H3. The maximum absolute atomic E-state index is 6.02. The molecule has 0 spiro atoms. The summed E-state index contributed by atoms with van der Waals surface area (Å²) in [4.78, 5) is 2.45. The summed E-state index contributed by atoms with van der Waals surface area (Å²) in [5, 5.41) is 0. The molecule has 1 rings (SSSR count). The van der Waals surface area contributed by atoms with E-state index in [9.17, 15) is 0 Å². The Hall–Kier alpha value is -0.0800. The molecule has 0 aliphatic heterocycles. The van der Waals surface area contributed by atoms with Crippen LogP contribution in [-0.4, -0.2) is 31.1 Å². The van der Waals surface area contributed by atoms with Crippen molar-refractivity contribution in [2.75, 3.05) is 20.1 Å². The van der Waals surface area contributed by atoms with Crippen LogP contribution < -0.4 is 5.73 Å². The van der Waals surface area contributed by atoms with E-state index >= 15 is 0 Å². The van der Waals surface area contributed by atoms with E-state index in [1.807, 2.05) is 0 Å². The molecule has 0 aromatic carbocycles. The van der Waals surface area contributed by atoms with Crippen molar-refractivity contribution in [1.82, 2.24) is 4.90 Å². The molecule has 1 aliphatic carbocycles. The van der Waals surface area contributed by atoms with Crippen LogP contribution in [0.4, 0.5) is 0 Å². The van der Waals surface area contributed by atoms with E-state index in [1.54, 1.807) is 0 Å². The van der Waals surface area contributed by atoms with Crippen LogP contribution in [0.5, 0.6) is 0 Å². The summed E-state index contributed by atoms with van der Waals surface area (Å²) >= 11 is 0. The molecule has 1 aliphatic rings. The molecular formula is C12H26N2. The topological polar surface area (TPSA) is 29.3 Å². The van der Waals surface area contributed by atoms with Gasteiger partial charge in [-0.3, -0.25) is 0 Å². The van der Waals surface area contributed by atoms with Gasteiger partial charge in [0, 0.05) is 12.6 Å². The highest BCUT2D eigenvalue weighted by molar-refractivity contribution is 4.74. The lowest BCUT2D eigenvalue weighted by Gasteiger charge is -2.30. The maximum atomic E-state index is 6.02. The molecule has 1 saturated carbocycles. The summed E-state index contributed by atoms with van der Waals surface area (Å²) in [6, 6.07) is 0.374. The predicted molar refractivity (Wildman–Crippen MR) is 62.3 cm³/mol. The third-order valence-corrected chi connectivity index (χ3v) is 3.50. The van der Waals surface area contributed by atoms with Gasteiger partial charge in [-0.25, -0.2) is 0 Å². The lowest BCUT2D eigenvalue weighted by molar-refractivity contribution is 0.198. The Balaban J connectivity index is 2.04. The van der Waals surface area contributed by atoms with Crippen molar-refractivity contribution in [3.8, 4) is 0 Å². The van der Waals surface area contributed by atoms with Crippen molar-refractivity contribution in [2.45, 2.75) is 45.6 Å². The van der Waals surface area contributed by atoms with Crippen molar-refractivity contribution in [3.63, 3.8) is 0 Å². The molecule has 1 unspecified atom stereocenters. The zero-order valence-electron chi connectivity index (χ0n) is 10.00. The minimum Gasteiger partial charge on any atom is -0.327 e. The first-order chi connectivity index (χ1) is 6.59. The zero-order valence-corrected chi connectivity index (χ0v) is 10.00. The Morgan fingerprint density at radius 2 is 2.00 bits per heavy atom. The molecule has 2 heteroatoms. The fourth-order valence-electron chi connectivity index (χ4n) is 1.91. The van der Waals surface area contributed by atoms with E-state index in [4.69, 9.17) is 5.73 Å². The van der Waals surface area contributed by atoms with Crippen LogP contribution in [0.1, 0.15) is 39.5 Å². The summed E-state index contributed by atoms with van der Waals surface area (Å²) in [6.07, 6.45) is 5.48. The molecule has 1 atom stereocenters. The number of hydrogen-bond donors (Lipinski definition) is 1.